The van der Waals surface area contributed by atoms with E-state index >= 15 is 0 Å². The second kappa shape index (κ2) is 16.6. The second-order valence-electron chi connectivity index (χ2n) is 5.81. The van der Waals surface area contributed by atoms with Crippen LogP contribution in [0.15, 0.2) is 58.8 Å². The van der Waals surface area contributed by atoms with E-state index < -0.39 is 42.3 Å². The zero-order valence-corrected chi connectivity index (χ0v) is 23.6. The minimum Gasteiger partial charge on any atom is -0.747 e. The number of benzene rings is 1. The number of azide groups is 1. The summed E-state index contributed by atoms with van der Waals surface area (Å²) in [5.74, 6) is -1.71. The summed E-state index contributed by atoms with van der Waals surface area (Å²) in [6.07, 6.45) is 2.88. The van der Waals surface area contributed by atoms with Crippen LogP contribution >= 0.6 is 0 Å². The van der Waals surface area contributed by atoms with Crippen molar-refractivity contribution in [2.75, 3.05) is 0 Å². The normalized spacial score (nSPS) is 20.0. The van der Waals surface area contributed by atoms with Gasteiger partial charge in [0.2, 0.25) is 0 Å². The minimum atomic E-state index is -5.83. The van der Waals surface area contributed by atoms with Gasteiger partial charge in [0, 0.05) is 22.2 Å². The average Bonchev–Trinajstić information content (AvgIpc) is 2.60. The van der Waals surface area contributed by atoms with Crippen LogP contribution in [0.5, 0.6) is 0 Å². The number of rotatable bonds is 6. The van der Waals surface area contributed by atoms with Gasteiger partial charge in [-0.05, 0) is 16.6 Å². The van der Waals surface area contributed by atoms with E-state index in [0.29, 0.717) is 5.56 Å². The van der Waals surface area contributed by atoms with Crippen LogP contribution in [0.25, 0.3) is 27.0 Å². The van der Waals surface area contributed by atoms with Crippen LogP contribution in [0.4, 0.5) is 0 Å². The molecule has 0 radical (unpaired) electrons. The molecule has 8 N–H and O–H groups in total. The van der Waals surface area contributed by atoms with Crippen molar-refractivity contribution in [2.45, 2.75) is 16.2 Å². The molecule has 1 atom stereocenters. The largest absolute Gasteiger partial charge is 1.00 e. The molecule has 2 rings (SSSR count). The van der Waals surface area contributed by atoms with Crippen molar-refractivity contribution >= 4 is 26.3 Å². The van der Waals surface area contributed by atoms with Crippen molar-refractivity contribution in [2.24, 2.45) is 16.1 Å². The fraction of sp³-hybridized carbons (Fsp3) is 0.286. The zero-order valence-electron chi connectivity index (χ0n) is 17.9. The zero-order chi connectivity index (χ0) is 21.1. The summed E-state index contributed by atoms with van der Waals surface area (Å²) in [4.78, 5) is 4.79. The summed E-state index contributed by atoms with van der Waals surface area (Å²) in [5.41, 5.74) is 15.5. The molecule has 34 heavy (non-hydrogen) atoms. The fourth-order valence-corrected chi connectivity index (χ4v) is 5.64. The molecule has 0 heterocycles. The van der Waals surface area contributed by atoms with Gasteiger partial charge in [-0.15, -0.1) is 0 Å². The Kier molecular flexibility index (Phi) is 21.1. The maximum absolute atomic E-state index is 12.0. The van der Waals surface area contributed by atoms with E-state index in [1.165, 1.54) is 6.08 Å². The van der Waals surface area contributed by atoms with E-state index in [4.69, 9.17) is 11.1 Å². The van der Waals surface area contributed by atoms with Gasteiger partial charge in [-0.3, -0.25) is 0 Å². The van der Waals surface area contributed by atoms with Gasteiger partial charge in [-0.1, -0.05) is 64.9 Å². The maximum atomic E-state index is 12.0. The molecule has 1 aromatic rings. The molecule has 1 unspecified atom stereocenters. The summed E-state index contributed by atoms with van der Waals surface area (Å²) < 4.78 is 68.5. The molecular weight excluding hydrogens is 522 g/mol. The standard InChI is InChI=1S/C14H14N6O6S2.2Na.4H2O/c15-19-17-13(18-20-16)9-8-12(7-6-11-4-2-1-3-5-11)14(10-13,27(21,22)23)28(24,25)26;;;;;;/h1-9,12H,10H2,(H,21,22,23)(H,24,25,26);;;4*1H2/q;2*+1;;;;/p-2. The first-order valence-electron chi connectivity index (χ1n) is 7.47. The van der Waals surface area contributed by atoms with E-state index in [1.807, 2.05) is 0 Å². The number of allylic oxidation sites excluding steroid dienone is 2. The van der Waals surface area contributed by atoms with Crippen LogP contribution < -0.4 is 59.1 Å². The fourth-order valence-electron chi connectivity index (χ4n) is 2.88. The third-order valence-electron chi connectivity index (χ3n) is 4.16. The van der Waals surface area contributed by atoms with Crippen molar-refractivity contribution in [1.82, 2.24) is 0 Å². The first-order chi connectivity index (χ1) is 13.0. The first kappa shape index (κ1) is 43.1. The van der Waals surface area contributed by atoms with Crippen LogP contribution in [0.2, 0.25) is 0 Å². The molecule has 16 nitrogen and oxygen atoms in total. The van der Waals surface area contributed by atoms with E-state index in [0.717, 1.165) is 18.2 Å². The Labute approximate surface area is 238 Å². The van der Waals surface area contributed by atoms with Crippen LogP contribution in [-0.4, -0.2) is 57.6 Å². The van der Waals surface area contributed by atoms with Crippen LogP contribution in [0, 0.1) is 5.92 Å². The van der Waals surface area contributed by atoms with Gasteiger partial charge >= 0.3 is 59.1 Å². The summed E-state index contributed by atoms with van der Waals surface area (Å²) in [6.45, 7) is 0. The summed E-state index contributed by atoms with van der Waals surface area (Å²) in [6, 6.07) is 8.26. The molecule has 1 aliphatic rings. The molecule has 0 amide bonds. The van der Waals surface area contributed by atoms with Crippen LogP contribution in [0.3, 0.4) is 0 Å². The average molecular weight is 542 g/mol. The monoisotopic (exact) mass is 542 g/mol. The third-order valence-corrected chi connectivity index (χ3v) is 7.91. The number of hydrogen-bond donors (Lipinski definition) is 0. The first-order valence-corrected chi connectivity index (χ1v) is 10.3. The molecule has 1 aromatic carbocycles. The molecule has 0 saturated heterocycles. The molecule has 1 aliphatic carbocycles. The van der Waals surface area contributed by atoms with Crippen LogP contribution in [0.1, 0.15) is 12.0 Å². The number of hydrogen-bond acceptors (Lipinski definition) is 8. The van der Waals surface area contributed by atoms with Crippen molar-refractivity contribution < 1.29 is 107 Å². The summed E-state index contributed by atoms with van der Waals surface area (Å²) in [7, 11) is -11.7. The van der Waals surface area contributed by atoms with E-state index in [2.05, 4.69) is 20.1 Å². The predicted octanol–water partition coefficient (Wildman–Crippen LogP) is -6.91. The van der Waals surface area contributed by atoms with E-state index in [1.54, 1.807) is 30.3 Å². The second-order valence-corrected chi connectivity index (χ2v) is 9.34. The van der Waals surface area contributed by atoms with Crippen molar-refractivity contribution in [3.05, 3.63) is 75.0 Å². The van der Waals surface area contributed by atoms with Crippen LogP contribution in [-0.2, 0) is 20.2 Å². The maximum Gasteiger partial charge on any atom is 1.00 e. The Morgan fingerprint density at radius 3 is 1.74 bits per heavy atom. The molecule has 0 bridgehead atoms. The van der Waals surface area contributed by atoms with E-state index in [-0.39, 0.29) is 81.0 Å². The molecule has 0 aliphatic heterocycles. The molecule has 0 aromatic heterocycles. The van der Waals surface area contributed by atoms with Crippen molar-refractivity contribution in [1.29, 1.82) is 0 Å². The smallest absolute Gasteiger partial charge is 0.747 e. The van der Waals surface area contributed by atoms with E-state index in [9.17, 15) is 25.9 Å². The summed E-state index contributed by atoms with van der Waals surface area (Å²) >= 11 is 0. The molecule has 180 valence electrons. The van der Waals surface area contributed by atoms with Gasteiger partial charge in [0.1, 0.15) is 25.9 Å². The molecular formula is C14H20N6Na2O10S2. The molecule has 0 saturated carbocycles. The molecule has 0 fully saturated rings. The SMILES string of the molecule is O.O.O.O.[N-]=[N+]=NC1(N=[N+]=[N-])C=CC(C=Cc2ccccc2)C(S(=O)(=O)[O-])(S(=O)(=O)[O-])C1.[Na+].[Na+]. The third kappa shape index (κ3) is 8.89. The van der Waals surface area contributed by atoms with Crippen molar-refractivity contribution in [3.63, 3.8) is 0 Å². The number of nitrogens with zero attached hydrogens (tertiary/aromatic N) is 6. The van der Waals surface area contributed by atoms with Crippen molar-refractivity contribution in [3.8, 4) is 0 Å². The minimum absolute atomic E-state index is 0. The van der Waals surface area contributed by atoms with Gasteiger partial charge in [0.15, 0.2) is 4.08 Å². The predicted molar refractivity (Wildman–Crippen MR) is 110 cm³/mol. The molecule has 20 heteroatoms. The van der Waals surface area contributed by atoms with Gasteiger partial charge in [0.05, 0.1) is 0 Å². The molecule has 0 spiro atoms. The topological polar surface area (TPSA) is 338 Å². The van der Waals surface area contributed by atoms with Gasteiger partial charge < -0.3 is 31.0 Å². The Balaban J connectivity index is -0.000000467. The van der Waals surface area contributed by atoms with Gasteiger partial charge in [-0.25, -0.2) is 16.8 Å². The Bertz CT molecular complexity index is 1080. The Morgan fingerprint density at radius 1 is 0.912 bits per heavy atom. The summed E-state index contributed by atoms with van der Waals surface area (Å²) in [5, 5.41) is 6.24. The van der Waals surface area contributed by atoms with Gasteiger partial charge in [-0.2, -0.15) is 0 Å². The Hall–Kier alpha value is -1.02. The quantitative estimate of drug-likeness (QED) is 0.0838. The Morgan fingerprint density at radius 2 is 1.35 bits per heavy atom. The van der Waals surface area contributed by atoms with Gasteiger partial charge in [0.25, 0.3) is 0 Å².